The monoisotopic (exact) mass is 181 g/mol. The second-order valence-electron chi connectivity index (χ2n) is 2.68. The predicted octanol–water partition coefficient (Wildman–Crippen LogP) is -0.182. The molecule has 0 aliphatic heterocycles. The van der Waals surface area contributed by atoms with Gasteiger partial charge >= 0.3 is 0 Å². The van der Waals surface area contributed by atoms with Crippen LogP contribution in [0.15, 0.2) is 0 Å². The molecule has 0 saturated heterocycles. The normalized spacial score (nSPS) is 14.8. The van der Waals surface area contributed by atoms with Crippen molar-refractivity contribution in [3.63, 3.8) is 0 Å². The smallest absolute Gasteiger partial charge is 0.208 e. The van der Waals surface area contributed by atoms with Crippen LogP contribution in [0.1, 0.15) is 6.92 Å². The Morgan fingerprint density at radius 3 is 2.45 bits per heavy atom. The van der Waals surface area contributed by atoms with Gasteiger partial charge < -0.3 is 4.74 Å². The molecule has 0 rings (SSSR count). The van der Waals surface area contributed by atoms with E-state index in [1.54, 1.807) is 7.11 Å². The lowest BCUT2D eigenvalue weighted by Crippen LogP contribution is -2.28. The molecule has 0 saturated carbocycles. The topological polar surface area (TPSA) is 55.4 Å². The molecule has 1 N–H and O–H groups in total. The Morgan fingerprint density at radius 2 is 2.09 bits per heavy atom. The number of methoxy groups -OCH3 is 1. The Balaban J connectivity index is 3.54. The van der Waals surface area contributed by atoms with Gasteiger partial charge in [-0.2, -0.15) is 0 Å². The Kier molecular flexibility index (Phi) is 4.63. The molecule has 0 aromatic heterocycles. The summed E-state index contributed by atoms with van der Waals surface area (Å²) < 4.78 is 28.4. The van der Waals surface area contributed by atoms with Gasteiger partial charge in [0, 0.05) is 20.3 Å². The number of sulfonamides is 1. The van der Waals surface area contributed by atoms with Gasteiger partial charge in [0.1, 0.15) is 0 Å². The van der Waals surface area contributed by atoms with E-state index in [0.29, 0.717) is 13.2 Å². The van der Waals surface area contributed by atoms with E-state index in [4.69, 9.17) is 4.74 Å². The molecule has 68 valence electrons. The summed E-state index contributed by atoms with van der Waals surface area (Å²) in [5.41, 5.74) is 0. The van der Waals surface area contributed by atoms with Gasteiger partial charge in [-0.25, -0.2) is 13.1 Å². The van der Waals surface area contributed by atoms with E-state index in [1.165, 1.54) is 0 Å². The van der Waals surface area contributed by atoms with Crippen molar-refractivity contribution in [2.24, 2.45) is 5.92 Å². The summed E-state index contributed by atoms with van der Waals surface area (Å²) in [5.74, 6) is 0.217. The fraction of sp³-hybridized carbons (Fsp3) is 1.00. The molecule has 0 aliphatic rings. The van der Waals surface area contributed by atoms with Crippen LogP contribution in [0.3, 0.4) is 0 Å². The maximum atomic E-state index is 10.6. The first-order valence-electron chi connectivity index (χ1n) is 3.39. The minimum absolute atomic E-state index is 0.217. The minimum atomic E-state index is -3.04. The molecular weight excluding hydrogens is 166 g/mol. The first-order valence-corrected chi connectivity index (χ1v) is 5.28. The SMILES string of the molecule is COCC(C)CNS(C)(=O)=O. The second-order valence-corrected chi connectivity index (χ2v) is 4.51. The van der Waals surface area contributed by atoms with Gasteiger partial charge in [0.25, 0.3) is 0 Å². The highest BCUT2D eigenvalue weighted by Gasteiger charge is 2.04. The molecule has 11 heavy (non-hydrogen) atoms. The van der Waals surface area contributed by atoms with Gasteiger partial charge in [0.05, 0.1) is 6.26 Å². The molecule has 0 fully saturated rings. The first-order chi connectivity index (χ1) is 4.95. The van der Waals surface area contributed by atoms with E-state index in [0.717, 1.165) is 6.26 Å². The molecule has 0 heterocycles. The van der Waals surface area contributed by atoms with E-state index in [9.17, 15) is 8.42 Å². The van der Waals surface area contributed by atoms with Gasteiger partial charge in [0.15, 0.2) is 0 Å². The van der Waals surface area contributed by atoms with Crippen LogP contribution >= 0.6 is 0 Å². The van der Waals surface area contributed by atoms with Crippen LogP contribution < -0.4 is 4.72 Å². The first kappa shape index (κ1) is 10.9. The van der Waals surface area contributed by atoms with E-state index in [2.05, 4.69) is 4.72 Å². The van der Waals surface area contributed by atoms with Crippen molar-refractivity contribution in [1.29, 1.82) is 0 Å². The molecule has 4 nitrogen and oxygen atoms in total. The van der Waals surface area contributed by atoms with E-state index in [-0.39, 0.29) is 5.92 Å². The Morgan fingerprint density at radius 1 is 1.55 bits per heavy atom. The van der Waals surface area contributed by atoms with Crippen LogP contribution in [0, 0.1) is 5.92 Å². The Bertz CT molecular complexity index is 188. The zero-order valence-electron chi connectivity index (χ0n) is 7.12. The van der Waals surface area contributed by atoms with Gasteiger partial charge in [-0.1, -0.05) is 6.92 Å². The summed E-state index contributed by atoms with van der Waals surface area (Å²) in [5, 5.41) is 0. The van der Waals surface area contributed by atoms with Crippen LogP contribution in [0.5, 0.6) is 0 Å². The standard InChI is InChI=1S/C6H15NO3S/c1-6(5-10-2)4-7-11(3,8)9/h6-7H,4-5H2,1-3H3. The zero-order valence-corrected chi connectivity index (χ0v) is 7.94. The van der Waals surface area contributed by atoms with Gasteiger partial charge in [-0.15, -0.1) is 0 Å². The van der Waals surface area contributed by atoms with Crippen molar-refractivity contribution < 1.29 is 13.2 Å². The van der Waals surface area contributed by atoms with Crippen molar-refractivity contribution in [3.05, 3.63) is 0 Å². The van der Waals surface area contributed by atoms with E-state index < -0.39 is 10.0 Å². The molecule has 1 unspecified atom stereocenters. The van der Waals surface area contributed by atoms with Crippen LogP contribution in [0.4, 0.5) is 0 Å². The van der Waals surface area contributed by atoms with Crippen molar-refractivity contribution in [2.75, 3.05) is 26.5 Å². The largest absolute Gasteiger partial charge is 0.384 e. The summed E-state index contributed by atoms with van der Waals surface area (Å²) in [6.45, 7) is 2.93. The van der Waals surface area contributed by atoms with Gasteiger partial charge in [-0.3, -0.25) is 0 Å². The molecule has 0 amide bonds. The van der Waals surface area contributed by atoms with Crippen molar-refractivity contribution in [2.45, 2.75) is 6.92 Å². The molecule has 0 bridgehead atoms. The van der Waals surface area contributed by atoms with E-state index >= 15 is 0 Å². The fourth-order valence-corrected chi connectivity index (χ4v) is 1.22. The van der Waals surface area contributed by atoms with Crippen molar-refractivity contribution >= 4 is 10.0 Å². The lowest BCUT2D eigenvalue weighted by molar-refractivity contribution is 0.161. The number of ether oxygens (including phenoxy) is 1. The van der Waals surface area contributed by atoms with Gasteiger partial charge in [0.2, 0.25) is 10.0 Å². The van der Waals surface area contributed by atoms with E-state index in [1.807, 2.05) is 6.92 Å². The lowest BCUT2D eigenvalue weighted by Gasteiger charge is -2.09. The average molecular weight is 181 g/mol. The zero-order chi connectivity index (χ0) is 8.91. The van der Waals surface area contributed by atoms with Crippen LogP contribution in [0.25, 0.3) is 0 Å². The number of hydrogen-bond donors (Lipinski definition) is 1. The lowest BCUT2D eigenvalue weighted by atomic mass is 10.2. The second kappa shape index (κ2) is 4.69. The molecule has 0 spiro atoms. The van der Waals surface area contributed by atoms with Crippen LogP contribution in [0.2, 0.25) is 0 Å². The highest BCUT2D eigenvalue weighted by atomic mass is 32.2. The third-order valence-electron chi connectivity index (χ3n) is 1.15. The molecule has 0 aromatic rings. The number of nitrogens with one attached hydrogen (secondary N) is 1. The van der Waals surface area contributed by atoms with Crippen LogP contribution in [-0.2, 0) is 14.8 Å². The average Bonchev–Trinajstić information content (AvgIpc) is 1.83. The Labute approximate surface area is 68.0 Å². The quantitative estimate of drug-likeness (QED) is 0.640. The fourth-order valence-electron chi connectivity index (χ4n) is 0.637. The maximum absolute atomic E-state index is 10.6. The molecule has 5 heteroatoms. The maximum Gasteiger partial charge on any atom is 0.208 e. The molecule has 1 atom stereocenters. The Hall–Kier alpha value is -0.130. The van der Waals surface area contributed by atoms with Gasteiger partial charge in [-0.05, 0) is 5.92 Å². The van der Waals surface area contributed by atoms with Crippen LogP contribution in [-0.4, -0.2) is 34.9 Å². The minimum Gasteiger partial charge on any atom is -0.384 e. The third-order valence-corrected chi connectivity index (χ3v) is 1.84. The summed E-state index contributed by atoms with van der Waals surface area (Å²) in [4.78, 5) is 0. The van der Waals surface area contributed by atoms with Crippen molar-refractivity contribution in [3.8, 4) is 0 Å². The summed E-state index contributed by atoms with van der Waals surface area (Å²) in [6.07, 6.45) is 1.15. The highest BCUT2D eigenvalue weighted by molar-refractivity contribution is 7.88. The molecule has 0 aliphatic carbocycles. The summed E-state index contributed by atoms with van der Waals surface area (Å²) in [7, 11) is -1.45. The highest BCUT2D eigenvalue weighted by Crippen LogP contribution is 1.92. The molecular formula is C6H15NO3S. The third kappa shape index (κ3) is 7.77. The molecule has 0 radical (unpaired) electrons. The predicted molar refractivity (Wildman–Crippen MR) is 43.9 cm³/mol. The molecule has 0 aromatic carbocycles. The number of hydrogen-bond acceptors (Lipinski definition) is 3. The summed E-state index contributed by atoms with van der Waals surface area (Å²) >= 11 is 0. The van der Waals surface area contributed by atoms with Crippen molar-refractivity contribution in [1.82, 2.24) is 4.72 Å². The number of rotatable bonds is 5. The summed E-state index contributed by atoms with van der Waals surface area (Å²) in [6, 6.07) is 0.